The Morgan fingerprint density at radius 2 is 0.413 bits per heavy atom. The van der Waals surface area contributed by atoms with Crippen molar-refractivity contribution in [3.8, 4) is 0 Å². The number of hydrogen-bond acceptors (Lipinski definition) is 0. The van der Waals surface area contributed by atoms with E-state index in [1.54, 1.807) is 0 Å². The second kappa shape index (κ2) is 12.1. The molecule has 0 saturated heterocycles. The van der Waals surface area contributed by atoms with Crippen LogP contribution in [0.3, 0.4) is 0 Å². The molecule has 0 saturated carbocycles. The summed E-state index contributed by atoms with van der Waals surface area (Å²) in [6.07, 6.45) is 1.16. The van der Waals surface area contributed by atoms with Crippen LogP contribution in [0.15, 0.2) is 0 Å². The molecule has 0 aliphatic carbocycles. The highest BCUT2D eigenvalue weighted by molar-refractivity contribution is 5.18. The molecule has 0 aromatic carbocycles. The van der Waals surface area contributed by atoms with Gasteiger partial charge in [-0.25, -0.2) is 0 Å². The van der Waals surface area contributed by atoms with Gasteiger partial charge in [0.1, 0.15) is 0 Å². The molecule has 0 heterocycles. The molecular formula is C46H94. The first-order chi connectivity index (χ1) is 19.4. The van der Waals surface area contributed by atoms with Crippen LogP contribution in [-0.2, 0) is 0 Å². The SMILES string of the molecule is CCC(C)(C(C)(C)C(C)(C)C(C)(C)C(C)C)C(C)(C)C(C)(C)C(C)(C)C(C)(C)C(C)(C)C(C)(C)C(C)(C)C(C)(C)C(C)(C)C(C)C. The summed E-state index contributed by atoms with van der Waals surface area (Å²) in [4.78, 5) is 0. The van der Waals surface area contributed by atoms with E-state index >= 15 is 0 Å². The van der Waals surface area contributed by atoms with E-state index in [2.05, 4.69) is 208 Å². The van der Waals surface area contributed by atoms with E-state index in [9.17, 15) is 0 Å². The van der Waals surface area contributed by atoms with Gasteiger partial charge in [0.15, 0.2) is 0 Å². The van der Waals surface area contributed by atoms with E-state index in [0.717, 1.165) is 6.42 Å². The summed E-state index contributed by atoms with van der Waals surface area (Å²) >= 11 is 0. The van der Waals surface area contributed by atoms with E-state index in [0.29, 0.717) is 11.8 Å². The summed E-state index contributed by atoms with van der Waals surface area (Å²) in [7, 11) is 0. The normalized spacial score (nSPS) is 18.0. The predicted octanol–water partition coefficient (Wildman–Crippen LogP) is 16.0. The Kier molecular flexibility index (Phi) is 12.1. The van der Waals surface area contributed by atoms with Crippen molar-refractivity contribution in [2.75, 3.05) is 0 Å². The van der Waals surface area contributed by atoms with Gasteiger partial charge in [-0.05, 0) is 88.7 Å². The van der Waals surface area contributed by atoms with Crippen molar-refractivity contribution >= 4 is 0 Å². The molecule has 0 rings (SSSR count). The molecule has 1 atom stereocenters. The minimum atomic E-state index is 0.00226. The number of rotatable bonds is 15. The summed E-state index contributed by atoms with van der Waals surface area (Å²) in [5.74, 6) is 1.20. The van der Waals surface area contributed by atoms with Crippen LogP contribution < -0.4 is 0 Å². The van der Waals surface area contributed by atoms with Gasteiger partial charge in [0.2, 0.25) is 0 Å². The van der Waals surface area contributed by atoms with E-state index in [1.165, 1.54) is 0 Å². The first kappa shape index (κ1) is 46.0. The van der Waals surface area contributed by atoms with E-state index in [1.807, 2.05) is 0 Å². The molecule has 0 heteroatoms. The Labute approximate surface area is 295 Å². The summed E-state index contributed by atoms with van der Waals surface area (Å²) < 4.78 is 0. The Morgan fingerprint density at radius 1 is 0.261 bits per heavy atom. The van der Waals surface area contributed by atoms with Crippen molar-refractivity contribution in [2.24, 2.45) is 82.2 Å². The standard InChI is InChI=1S/C46H94/c1-31-46(30,44(26,27)37(12,13)35(8,9)33(4)5)45(28,29)43(24,25)42(22,23)41(20,21)40(18,19)39(16,17)38(14,15)36(10,11)34(6,7)32(2)3/h32-33H,31H2,1-30H3. The minimum absolute atomic E-state index is 0.00226. The first-order valence-electron chi connectivity index (χ1n) is 19.4. The van der Waals surface area contributed by atoms with E-state index < -0.39 is 0 Å². The van der Waals surface area contributed by atoms with Crippen LogP contribution in [0.5, 0.6) is 0 Å². The summed E-state index contributed by atoms with van der Waals surface area (Å²) in [6, 6.07) is 0. The first-order valence-corrected chi connectivity index (χ1v) is 19.4. The monoisotopic (exact) mass is 647 g/mol. The highest BCUT2D eigenvalue weighted by Gasteiger charge is 2.70. The van der Waals surface area contributed by atoms with Gasteiger partial charge in [-0.3, -0.25) is 0 Å². The minimum Gasteiger partial charge on any atom is -0.0648 e. The van der Waals surface area contributed by atoms with Crippen molar-refractivity contribution in [1.29, 1.82) is 0 Å². The van der Waals surface area contributed by atoms with Gasteiger partial charge in [-0.15, -0.1) is 0 Å². The maximum atomic E-state index is 2.66. The predicted molar refractivity (Wildman–Crippen MR) is 213 cm³/mol. The molecule has 0 bridgehead atoms. The smallest absolute Gasteiger partial charge is 0.0215 e. The molecule has 278 valence electrons. The molecule has 0 aromatic rings. The van der Waals surface area contributed by atoms with Crippen LogP contribution >= 0.6 is 0 Å². The lowest BCUT2D eigenvalue weighted by atomic mass is 9.31. The zero-order valence-electron chi connectivity index (χ0n) is 38.4. The molecule has 0 aliphatic heterocycles. The molecule has 0 aliphatic rings. The lowest BCUT2D eigenvalue weighted by Crippen LogP contribution is -2.67. The Hall–Kier alpha value is 0. The van der Waals surface area contributed by atoms with Crippen LogP contribution in [0.1, 0.15) is 214 Å². The lowest BCUT2D eigenvalue weighted by Gasteiger charge is -2.74. The Bertz CT molecular complexity index is 1040. The quantitative estimate of drug-likeness (QED) is 0.166. The lowest BCUT2D eigenvalue weighted by molar-refractivity contribution is -0.256. The zero-order chi connectivity index (χ0) is 38.4. The molecule has 0 spiro atoms. The highest BCUT2D eigenvalue weighted by atomic mass is 14.7. The Morgan fingerprint density at radius 3 is 0.609 bits per heavy atom. The molecule has 0 nitrogen and oxygen atoms in total. The Balaban J connectivity index is 7.66. The third-order valence-corrected chi connectivity index (χ3v) is 22.1. The molecular weight excluding hydrogens is 553 g/mol. The molecule has 0 aromatic heterocycles. The molecule has 0 amide bonds. The average molecular weight is 647 g/mol. The molecule has 0 N–H and O–H groups in total. The van der Waals surface area contributed by atoms with Gasteiger partial charge in [0.05, 0.1) is 0 Å². The van der Waals surface area contributed by atoms with Crippen LogP contribution in [0.4, 0.5) is 0 Å². The second-order valence-electron chi connectivity index (χ2n) is 23.7. The van der Waals surface area contributed by atoms with Crippen molar-refractivity contribution in [3.63, 3.8) is 0 Å². The number of hydrogen-bond donors (Lipinski definition) is 0. The van der Waals surface area contributed by atoms with Crippen LogP contribution in [-0.4, -0.2) is 0 Å². The van der Waals surface area contributed by atoms with Gasteiger partial charge < -0.3 is 0 Å². The molecule has 46 heavy (non-hydrogen) atoms. The van der Waals surface area contributed by atoms with E-state index in [4.69, 9.17) is 0 Å². The third-order valence-electron chi connectivity index (χ3n) is 22.1. The fourth-order valence-corrected chi connectivity index (χ4v) is 10.8. The summed E-state index contributed by atoms with van der Waals surface area (Å²) in [6.45, 7) is 77.1. The van der Waals surface area contributed by atoms with Crippen molar-refractivity contribution in [2.45, 2.75) is 214 Å². The fourth-order valence-electron chi connectivity index (χ4n) is 10.8. The van der Waals surface area contributed by atoms with Gasteiger partial charge in [-0.1, -0.05) is 208 Å². The summed E-state index contributed by atoms with van der Waals surface area (Å²) in [5.41, 5.74) is 0.924. The van der Waals surface area contributed by atoms with Crippen LogP contribution in [0.25, 0.3) is 0 Å². The van der Waals surface area contributed by atoms with Crippen molar-refractivity contribution in [3.05, 3.63) is 0 Å². The average Bonchev–Trinajstić information content (AvgIpc) is 2.86. The molecule has 0 radical (unpaired) electrons. The highest BCUT2D eigenvalue weighted by Crippen LogP contribution is 2.77. The zero-order valence-corrected chi connectivity index (χ0v) is 38.4. The fraction of sp³-hybridized carbons (Fsp3) is 1.00. The van der Waals surface area contributed by atoms with Gasteiger partial charge >= 0.3 is 0 Å². The van der Waals surface area contributed by atoms with Crippen molar-refractivity contribution in [1.82, 2.24) is 0 Å². The topological polar surface area (TPSA) is 0 Å². The largest absolute Gasteiger partial charge is 0.0648 e. The third kappa shape index (κ3) is 5.38. The summed E-state index contributed by atoms with van der Waals surface area (Å²) in [5, 5.41) is 0. The maximum Gasteiger partial charge on any atom is -0.0215 e. The second-order valence-corrected chi connectivity index (χ2v) is 23.7. The van der Waals surface area contributed by atoms with Gasteiger partial charge in [0.25, 0.3) is 0 Å². The van der Waals surface area contributed by atoms with Gasteiger partial charge in [0, 0.05) is 0 Å². The molecule has 0 fully saturated rings. The van der Waals surface area contributed by atoms with Crippen LogP contribution in [0, 0.1) is 82.2 Å². The van der Waals surface area contributed by atoms with Crippen LogP contribution in [0.2, 0.25) is 0 Å². The van der Waals surface area contributed by atoms with E-state index in [-0.39, 0.29) is 70.4 Å². The maximum absolute atomic E-state index is 2.66. The molecule has 1 unspecified atom stereocenters. The van der Waals surface area contributed by atoms with Gasteiger partial charge in [-0.2, -0.15) is 0 Å². The van der Waals surface area contributed by atoms with Crippen molar-refractivity contribution < 1.29 is 0 Å².